The SMILES string of the molecule is Cc1cc(C(N)=O)ccc1CNCC1(N(C)C)CCC1. The standard InChI is InChI=1S/C16H25N3O/c1-12-9-13(15(17)20)5-6-14(12)10-18-11-16(19(2)3)7-4-8-16/h5-6,9,18H,4,7-8,10-11H2,1-3H3,(H2,17,20). The van der Waals surface area contributed by atoms with E-state index in [0.717, 1.165) is 18.7 Å². The van der Waals surface area contributed by atoms with Gasteiger partial charge in [0.1, 0.15) is 0 Å². The van der Waals surface area contributed by atoms with E-state index in [1.165, 1.54) is 24.8 Å². The van der Waals surface area contributed by atoms with E-state index in [2.05, 4.69) is 24.3 Å². The lowest BCUT2D eigenvalue weighted by molar-refractivity contribution is 0.0598. The molecule has 4 heteroatoms. The zero-order valence-corrected chi connectivity index (χ0v) is 12.7. The lowest BCUT2D eigenvalue weighted by Crippen LogP contribution is -2.56. The second-order valence-corrected chi connectivity index (χ2v) is 6.08. The van der Waals surface area contributed by atoms with Crippen LogP contribution in [-0.2, 0) is 6.54 Å². The van der Waals surface area contributed by atoms with Crippen molar-refractivity contribution in [1.82, 2.24) is 10.2 Å². The molecule has 0 saturated heterocycles. The van der Waals surface area contributed by atoms with Crippen LogP contribution in [0.2, 0.25) is 0 Å². The van der Waals surface area contributed by atoms with Crippen LogP contribution >= 0.6 is 0 Å². The molecule has 1 amide bonds. The molecule has 0 bridgehead atoms. The Morgan fingerprint density at radius 2 is 2.10 bits per heavy atom. The summed E-state index contributed by atoms with van der Waals surface area (Å²) in [6, 6.07) is 5.66. The predicted octanol–water partition coefficient (Wildman–Crippen LogP) is 1.67. The summed E-state index contributed by atoms with van der Waals surface area (Å²) in [5.41, 5.74) is 8.54. The first kappa shape index (κ1) is 15.0. The number of aryl methyl sites for hydroxylation is 1. The van der Waals surface area contributed by atoms with Gasteiger partial charge in [-0.3, -0.25) is 4.79 Å². The fourth-order valence-corrected chi connectivity index (χ4v) is 2.84. The van der Waals surface area contributed by atoms with Gasteiger partial charge in [0.05, 0.1) is 0 Å². The van der Waals surface area contributed by atoms with Crippen LogP contribution in [-0.4, -0.2) is 37.0 Å². The zero-order chi connectivity index (χ0) is 14.8. The van der Waals surface area contributed by atoms with Gasteiger partial charge >= 0.3 is 0 Å². The summed E-state index contributed by atoms with van der Waals surface area (Å²) in [5.74, 6) is -0.367. The van der Waals surface area contributed by atoms with Crippen LogP contribution in [0.1, 0.15) is 40.7 Å². The van der Waals surface area contributed by atoms with Crippen molar-refractivity contribution in [3.05, 3.63) is 34.9 Å². The molecule has 0 aliphatic heterocycles. The highest BCUT2D eigenvalue weighted by atomic mass is 16.1. The molecule has 20 heavy (non-hydrogen) atoms. The van der Waals surface area contributed by atoms with Gasteiger partial charge in [-0.15, -0.1) is 0 Å². The normalized spacial score (nSPS) is 17.0. The van der Waals surface area contributed by atoms with Gasteiger partial charge in [-0.25, -0.2) is 0 Å². The number of rotatable bonds is 6. The Hall–Kier alpha value is -1.39. The molecule has 0 atom stereocenters. The quantitative estimate of drug-likeness (QED) is 0.830. The smallest absolute Gasteiger partial charge is 0.248 e. The number of likely N-dealkylation sites (N-methyl/N-ethyl adjacent to an activating group) is 1. The van der Waals surface area contributed by atoms with E-state index in [1.807, 2.05) is 19.1 Å². The molecule has 1 aromatic rings. The topological polar surface area (TPSA) is 58.4 Å². The van der Waals surface area contributed by atoms with E-state index in [1.54, 1.807) is 6.07 Å². The minimum Gasteiger partial charge on any atom is -0.366 e. The van der Waals surface area contributed by atoms with Crippen molar-refractivity contribution in [3.8, 4) is 0 Å². The monoisotopic (exact) mass is 275 g/mol. The molecule has 1 aliphatic rings. The molecule has 3 N–H and O–H groups in total. The fourth-order valence-electron chi connectivity index (χ4n) is 2.84. The molecular weight excluding hydrogens is 250 g/mol. The van der Waals surface area contributed by atoms with Gasteiger partial charge in [-0.05, 0) is 63.5 Å². The van der Waals surface area contributed by atoms with E-state index in [4.69, 9.17) is 5.73 Å². The van der Waals surface area contributed by atoms with Crippen LogP contribution in [0.5, 0.6) is 0 Å². The molecule has 0 aromatic heterocycles. The molecule has 1 aliphatic carbocycles. The second kappa shape index (κ2) is 5.94. The Balaban J connectivity index is 1.93. The number of hydrogen-bond acceptors (Lipinski definition) is 3. The number of amides is 1. The number of nitrogens with one attached hydrogen (secondary N) is 1. The lowest BCUT2D eigenvalue weighted by atomic mass is 9.75. The summed E-state index contributed by atoms with van der Waals surface area (Å²) in [7, 11) is 4.32. The van der Waals surface area contributed by atoms with E-state index in [9.17, 15) is 4.79 Å². The highest BCUT2D eigenvalue weighted by molar-refractivity contribution is 5.93. The summed E-state index contributed by atoms with van der Waals surface area (Å²) < 4.78 is 0. The largest absolute Gasteiger partial charge is 0.366 e. The summed E-state index contributed by atoms with van der Waals surface area (Å²) in [6.07, 6.45) is 3.87. The Bertz CT molecular complexity index is 492. The van der Waals surface area contributed by atoms with E-state index < -0.39 is 0 Å². The van der Waals surface area contributed by atoms with Crippen molar-refractivity contribution in [2.45, 2.75) is 38.3 Å². The maximum Gasteiger partial charge on any atom is 0.248 e. The number of primary amides is 1. The average molecular weight is 275 g/mol. The third-order valence-electron chi connectivity index (χ3n) is 4.63. The number of hydrogen-bond donors (Lipinski definition) is 2. The zero-order valence-electron chi connectivity index (χ0n) is 12.7. The summed E-state index contributed by atoms with van der Waals surface area (Å²) in [6.45, 7) is 3.87. The van der Waals surface area contributed by atoms with Crippen LogP contribution in [0.25, 0.3) is 0 Å². The van der Waals surface area contributed by atoms with Crippen LogP contribution in [0.3, 0.4) is 0 Å². The van der Waals surface area contributed by atoms with Crippen molar-refractivity contribution in [2.24, 2.45) is 5.73 Å². The van der Waals surface area contributed by atoms with Crippen LogP contribution in [0, 0.1) is 6.92 Å². The van der Waals surface area contributed by atoms with Gasteiger partial charge in [0.15, 0.2) is 0 Å². The first-order valence-electron chi connectivity index (χ1n) is 7.22. The molecule has 0 heterocycles. The van der Waals surface area contributed by atoms with Crippen molar-refractivity contribution < 1.29 is 4.79 Å². The molecule has 4 nitrogen and oxygen atoms in total. The molecule has 0 spiro atoms. The van der Waals surface area contributed by atoms with E-state index in [-0.39, 0.29) is 5.91 Å². The van der Waals surface area contributed by atoms with E-state index >= 15 is 0 Å². The minimum absolute atomic E-state index is 0.334. The van der Waals surface area contributed by atoms with Gasteiger partial charge in [0.2, 0.25) is 5.91 Å². The molecule has 1 saturated carbocycles. The lowest BCUT2D eigenvalue weighted by Gasteiger charge is -2.47. The number of carbonyl (C=O) groups is 1. The highest BCUT2D eigenvalue weighted by Crippen LogP contribution is 2.35. The number of carbonyl (C=O) groups excluding carboxylic acids is 1. The number of benzene rings is 1. The Labute approximate surface area is 121 Å². The van der Waals surface area contributed by atoms with Crippen LogP contribution in [0.15, 0.2) is 18.2 Å². The summed E-state index contributed by atoms with van der Waals surface area (Å²) >= 11 is 0. The van der Waals surface area contributed by atoms with Crippen molar-refractivity contribution in [3.63, 3.8) is 0 Å². The van der Waals surface area contributed by atoms with Gasteiger partial charge in [0.25, 0.3) is 0 Å². The molecule has 1 fully saturated rings. The van der Waals surface area contributed by atoms with Crippen molar-refractivity contribution >= 4 is 5.91 Å². The van der Waals surface area contributed by atoms with Crippen LogP contribution in [0.4, 0.5) is 0 Å². The van der Waals surface area contributed by atoms with Crippen LogP contribution < -0.4 is 11.1 Å². The minimum atomic E-state index is -0.367. The second-order valence-electron chi connectivity index (χ2n) is 6.08. The van der Waals surface area contributed by atoms with Gasteiger partial charge in [-0.1, -0.05) is 6.07 Å². The third-order valence-corrected chi connectivity index (χ3v) is 4.63. The molecule has 0 unspecified atom stereocenters. The number of nitrogens with zero attached hydrogens (tertiary/aromatic N) is 1. The summed E-state index contributed by atoms with van der Waals surface area (Å²) in [4.78, 5) is 13.5. The van der Waals surface area contributed by atoms with Gasteiger partial charge in [0, 0.05) is 24.2 Å². The average Bonchev–Trinajstić information content (AvgIpc) is 2.33. The molecular formula is C16H25N3O. The Morgan fingerprint density at radius 1 is 1.40 bits per heavy atom. The van der Waals surface area contributed by atoms with Crippen molar-refractivity contribution in [1.29, 1.82) is 0 Å². The summed E-state index contributed by atoms with van der Waals surface area (Å²) in [5, 5.41) is 3.56. The predicted molar refractivity (Wildman–Crippen MR) is 81.7 cm³/mol. The molecule has 0 radical (unpaired) electrons. The first-order valence-corrected chi connectivity index (χ1v) is 7.22. The molecule has 2 rings (SSSR count). The Morgan fingerprint density at radius 3 is 2.55 bits per heavy atom. The van der Waals surface area contributed by atoms with Gasteiger partial charge < -0.3 is 16.0 Å². The highest BCUT2D eigenvalue weighted by Gasteiger charge is 2.38. The van der Waals surface area contributed by atoms with Gasteiger partial charge in [-0.2, -0.15) is 0 Å². The maximum absolute atomic E-state index is 11.1. The Kier molecular flexibility index (Phi) is 4.45. The fraction of sp³-hybridized carbons (Fsp3) is 0.562. The van der Waals surface area contributed by atoms with E-state index in [0.29, 0.717) is 11.1 Å². The molecule has 1 aromatic carbocycles. The third kappa shape index (κ3) is 3.02. The van der Waals surface area contributed by atoms with Crippen molar-refractivity contribution in [2.75, 3.05) is 20.6 Å². The molecule has 110 valence electrons. The first-order chi connectivity index (χ1) is 9.44. The maximum atomic E-state index is 11.1. The number of nitrogens with two attached hydrogens (primary N) is 1.